The molecule has 3 rings (SSSR count). The Hall–Kier alpha value is -1.81. The van der Waals surface area contributed by atoms with Crippen LogP contribution in [0.1, 0.15) is 16.1 Å². The second kappa shape index (κ2) is 4.46. The van der Waals surface area contributed by atoms with Crippen molar-refractivity contribution < 1.29 is 9.53 Å². The topological polar surface area (TPSA) is 45.3 Å². The number of aryl methyl sites for hydroxylation is 1. The number of carbonyl (C=O) groups is 1. The van der Waals surface area contributed by atoms with Gasteiger partial charge in [0, 0.05) is 24.0 Å². The van der Waals surface area contributed by atoms with Crippen LogP contribution in [-0.2, 0) is 4.74 Å². The van der Waals surface area contributed by atoms with Gasteiger partial charge in [0.25, 0.3) is 5.91 Å². The number of hydrogen-bond donors (Lipinski definition) is 1. The number of H-pyrrole nitrogens is 1. The number of nitrogens with one attached hydrogen (secondary N) is 1. The van der Waals surface area contributed by atoms with Crippen LogP contribution in [0.5, 0.6) is 0 Å². The van der Waals surface area contributed by atoms with Crippen LogP contribution < -0.4 is 0 Å². The predicted molar refractivity (Wildman–Crippen MR) is 69.8 cm³/mol. The molecule has 4 heteroatoms. The molecule has 1 aromatic carbocycles. The van der Waals surface area contributed by atoms with E-state index >= 15 is 0 Å². The lowest BCUT2D eigenvalue weighted by atomic mass is 10.1. The van der Waals surface area contributed by atoms with Crippen molar-refractivity contribution in [3.8, 4) is 0 Å². The van der Waals surface area contributed by atoms with Crippen LogP contribution >= 0.6 is 0 Å². The van der Waals surface area contributed by atoms with Crippen LogP contribution in [0.2, 0.25) is 0 Å². The normalized spacial score (nSPS) is 16.2. The number of hydrogen-bond acceptors (Lipinski definition) is 2. The second-order valence-electron chi connectivity index (χ2n) is 4.58. The SMILES string of the molecule is Cc1c(C(=O)N2CCOCC2)[nH]c2ccccc12. The van der Waals surface area contributed by atoms with Gasteiger partial charge >= 0.3 is 0 Å². The number of benzene rings is 1. The molecule has 18 heavy (non-hydrogen) atoms. The number of para-hydroxylation sites is 1. The molecule has 0 saturated carbocycles. The Morgan fingerprint density at radius 1 is 1.28 bits per heavy atom. The van der Waals surface area contributed by atoms with Gasteiger partial charge in [-0.05, 0) is 18.6 Å². The molecule has 0 atom stereocenters. The number of aromatic amines is 1. The van der Waals surface area contributed by atoms with Crippen molar-refractivity contribution in [3.05, 3.63) is 35.5 Å². The van der Waals surface area contributed by atoms with Crippen LogP contribution in [0, 0.1) is 6.92 Å². The van der Waals surface area contributed by atoms with E-state index in [-0.39, 0.29) is 5.91 Å². The van der Waals surface area contributed by atoms with Crippen molar-refractivity contribution in [2.45, 2.75) is 6.92 Å². The minimum absolute atomic E-state index is 0.0759. The molecule has 4 nitrogen and oxygen atoms in total. The first-order chi connectivity index (χ1) is 8.77. The summed E-state index contributed by atoms with van der Waals surface area (Å²) in [5.41, 5.74) is 2.76. The van der Waals surface area contributed by atoms with E-state index in [1.54, 1.807) is 0 Å². The molecule has 1 aromatic heterocycles. The zero-order valence-electron chi connectivity index (χ0n) is 10.4. The lowest BCUT2D eigenvalue weighted by Gasteiger charge is -2.26. The molecular formula is C14H16N2O2. The number of rotatable bonds is 1. The first-order valence-electron chi connectivity index (χ1n) is 6.21. The largest absolute Gasteiger partial charge is 0.378 e. The monoisotopic (exact) mass is 244 g/mol. The predicted octanol–water partition coefficient (Wildman–Crippen LogP) is 1.95. The Morgan fingerprint density at radius 2 is 2.00 bits per heavy atom. The molecule has 1 aliphatic rings. The Morgan fingerprint density at radius 3 is 2.72 bits per heavy atom. The highest BCUT2D eigenvalue weighted by atomic mass is 16.5. The van der Waals surface area contributed by atoms with Gasteiger partial charge in [0.1, 0.15) is 5.69 Å². The zero-order chi connectivity index (χ0) is 12.5. The third-order valence-electron chi connectivity index (χ3n) is 3.48. The van der Waals surface area contributed by atoms with E-state index in [1.165, 1.54) is 0 Å². The van der Waals surface area contributed by atoms with Crippen molar-refractivity contribution in [1.29, 1.82) is 0 Å². The van der Waals surface area contributed by atoms with Crippen molar-refractivity contribution in [1.82, 2.24) is 9.88 Å². The van der Waals surface area contributed by atoms with Crippen LogP contribution in [0.4, 0.5) is 0 Å². The van der Waals surface area contributed by atoms with E-state index in [0.29, 0.717) is 32.0 Å². The maximum absolute atomic E-state index is 12.4. The average Bonchev–Trinajstić information content (AvgIpc) is 2.77. The molecule has 0 unspecified atom stereocenters. The van der Waals surface area contributed by atoms with Gasteiger partial charge in [-0.15, -0.1) is 0 Å². The number of aromatic nitrogens is 1. The number of nitrogens with zero attached hydrogens (tertiary/aromatic N) is 1. The third-order valence-corrected chi connectivity index (χ3v) is 3.48. The third kappa shape index (κ3) is 1.78. The average molecular weight is 244 g/mol. The number of carbonyl (C=O) groups excluding carboxylic acids is 1. The molecule has 94 valence electrons. The van der Waals surface area contributed by atoms with E-state index in [2.05, 4.69) is 4.98 Å². The van der Waals surface area contributed by atoms with E-state index in [9.17, 15) is 4.79 Å². The molecule has 1 aliphatic heterocycles. The van der Waals surface area contributed by atoms with Crippen molar-refractivity contribution in [2.24, 2.45) is 0 Å². The van der Waals surface area contributed by atoms with Crippen LogP contribution in [0.3, 0.4) is 0 Å². The maximum atomic E-state index is 12.4. The van der Waals surface area contributed by atoms with Gasteiger partial charge in [0.05, 0.1) is 13.2 Å². The molecule has 2 aromatic rings. The Balaban J connectivity index is 1.98. The molecule has 1 saturated heterocycles. The standard InChI is InChI=1S/C14H16N2O2/c1-10-11-4-2-3-5-12(11)15-13(10)14(17)16-6-8-18-9-7-16/h2-5,15H,6-9H2,1H3. The summed E-state index contributed by atoms with van der Waals surface area (Å²) in [7, 11) is 0. The van der Waals surface area contributed by atoms with E-state index < -0.39 is 0 Å². The van der Waals surface area contributed by atoms with Crippen LogP contribution in [0.25, 0.3) is 10.9 Å². The van der Waals surface area contributed by atoms with Crippen LogP contribution in [0.15, 0.2) is 24.3 Å². The first kappa shape index (κ1) is 11.3. The number of fused-ring (bicyclic) bond motifs is 1. The summed E-state index contributed by atoms with van der Waals surface area (Å²) in [5, 5.41) is 1.12. The van der Waals surface area contributed by atoms with Gasteiger partial charge in [0.2, 0.25) is 0 Å². The van der Waals surface area contributed by atoms with Gasteiger partial charge < -0.3 is 14.6 Å². The molecule has 0 aliphatic carbocycles. The molecular weight excluding hydrogens is 228 g/mol. The maximum Gasteiger partial charge on any atom is 0.270 e. The van der Waals surface area contributed by atoms with Crippen molar-refractivity contribution >= 4 is 16.8 Å². The quantitative estimate of drug-likeness (QED) is 0.833. The van der Waals surface area contributed by atoms with Crippen molar-refractivity contribution in [2.75, 3.05) is 26.3 Å². The van der Waals surface area contributed by atoms with Gasteiger partial charge in [-0.3, -0.25) is 4.79 Å². The molecule has 1 fully saturated rings. The van der Waals surface area contributed by atoms with Crippen LogP contribution in [-0.4, -0.2) is 42.1 Å². The van der Waals surface area contributed by atoms with Crippen molar-refractivity contribution in [3.63, 3.8) is 0 Å². The summed E-state index contributed by atoms with van der Waals surface area (Å²) in [6.07, 6.45) is 0. The summed E-state index contributed by atoms with van der Waals surface area (Å²) in [6.45, 7) is 4.60. The highest BCUT2D eigenvalue weighted by Gasteiger charge is 2.22. The summed E-state index contributed by atoms with van der Waals surface area (Å²) in [4.78, 5) is 17.5. The molecule has 0 radical (unpaired) electrons. The molecule has 0 spiro atoms. The van der Waals surface area contributed by atoms with Gasteiger partial charge in [-0.2, -0.15) is 0 Å². The first-order valence-corrected chi connectivity index (χ1v) is 6.21. The fourth-order valence-corrected chi connectivity index (χ4v) is 2.42. The van der Waals surface area contributed by atoms with Gasteiger partial charge in [-0.1, -0.05) is 18.2 Å². The van der Waals surface area contributed by atoms with E-state index in [0.717, 1.165) is 16.5 Å². The Bertz CT molecular complexity index is 582. The van der Waals surface area contributed by atoms with Gasteiger partial charge in [-0.25, -0.2) is 0 Å². The fraction of sp³-hybridized carbons (Fsp3) is 0.357. The molecule has 2 heterocycles. The minimum atomic E-state index is 0.0759. The summed E-state index contributed by atoms with van der Waals surface area (Å²) < 4.78 is 5.27. The lowest BCUT2D eigenvalue weighted by molar-refractivity contribution is 0.0299. The Labute approximate surface area is 106 Å². The smallest absolute Gasteiger partial charge is 0.270 e. The van der Waals surface area contributed by atoms with E-state index in [1.807, 2.05) is 36.1 Å². The zero-order valence-corrected chi connectivity index (χ0v) is 10.4. The highest BCUT2D eigenvalue weighted by molar-refractivity contribution is 6.00. The number of ether oxygens (including phenoxy) is 1. The molecule has 1 amide bonds. The summed E-state index contributed by atoms with van der Waals surface area (Å²) in [6, 6.07) is 8.00. The summed E-state index contributed by atoms with van der Waals surface area (Å²) in [5.74, 6) is 0.0759. The molecule has 1 N–H and O–H groups in total. The summed E-state index contributed by atoms with van der Waals surface area (Å²) >= 11 is 0. The highest BCUT2D eigenvalue weighted by Crippen LogP contribution is 2.22. The number of amides is 1. The van der Waals surface area contributed by atoms with E-state index in [4.69, 9.17) is 4.74 Å². The Kier molecular flexibility index (Phi) is 2.80. The fourth-order valence-electron chi connectivity index (χ4n) is 2.42. The number of morpholine rings is 1. The molecule has 0 bridgehead atoms. The van der Waals surface area contributed by atoms with Gasteiger partial charge in [0.15, 0.2) is 0 Å². The minimum Gasteiger partial charge on any atom is -0.378 e. The lowest BCUT2D eigenvalue weighted by Crippen LogP contribution is -2.41. The second-order valence-corrected chi connectivity index (χ2v) is 4.58.